The zero-order valence-electron chi connectivity index (χ0n) is 12.1. The third kappa shape index (κ3) is 3.76. The molecule has 0 aromatic heterocycles. The number of carbonyl (C=O) groups excluding carboxylic acids is 2. The van der Waals surface area contributed by atoms with E-state index in [4.69, 9.17) is 16.2 Å². The quantitative estimate of drug-likeness (QED) is 0.730. The van der Waals surface area contributed by atoms with Crippen molar-refractivity contribution in [2.45, 2.75) is 6.92 Å². The molecule has 0 fully saturated rings. The van der Waals surface area contributed by atoms with Gasteiger partial charge >= 0.3 is 0 Å². The predicted molar refractivity (Wildman–Crippen MR) is 84.7 cm³/mol. The van der Waals surface area contributed by atoms with E-state index in [2.05, 4.69) is 5.32 Å². The van der Waals surface area contributed by atoms with Crippen LogP contribution < -0.4 is 21.5 Å². The number of nitrogens with one attached hydrogen (secondary N) is 1. The standard InChI is InChI=1S/C16H17N3O3/c1-10-8-11(17)6-7-13(10)19-15(20)9-22-14-5-3-2-4-12(14)16(18)21/h2-8H,9,17H2,1H3,(H2,18,21)(H,19,20). The van der Waals surface area contributed by atoms with Gasteiger partial charge in [-0.1, -0.05) is 12.1 Å². The van der Waals surface area contributed by atoms with Gasteiger partial charge in [0.15, 0.2) is 6.61 Å². The van der Waals surface area contributed by atoms with E-state index in [-0.39, 0.29) is 23.8 Å². The van der Waals surface area contributed by atoms with E-state index in [1.165, 1.54) is 0 Å². The number of anilines is 2. The van der Waals surface area contributed by atoms with Crippen molar-refractivity contribution in [2.75, 3.05) is 17.7 Å². The molecule has 22 heavy (non-hydrogen) atoms. The lowest BCUT2D eigenvalue weighted by Crippen LogP contribution is -2.22. The molecule has 114 valence electrons. The molecule has 2 rings (SSSR count). The first kappa shape index (κ1) is 15.4. The van der Waals surface area contributed by atoms with Gasteiger partial charge in [0.05, 0.1) is 5.56 Å². The molecular formula is C16H17N3O3. The van der Waals surface area contributed by atoms with Crippen LogP contribution in [0.2, 0.25) is 0 Å². The van der Waals surface area contributed by atoms with Gasteiger partial charge in [-0.3, -0.25) is 9.59 Å². The number of amides is 2. The normalized spacial score (nSPS) is 10.0. The molecule has 2 aromatic carbocycles. The zero-order chi connectivity index (χ0) is 16.1. The Morgan fingerprint density at radius 3 is 2.59 bits per heavy atom. The van der Waals surface area contributed by atoms with Crippen molar-refractivity contribution < 1.29 is 14.3 Å². The average Bonchev–Trinajstić information content (AvgIpc) is 2.48. The van der Waals surface area contributed by atoms with E-state index in [1.54, 1.807) is 42.5 Å². The molecule has 0 aliphatic rings. The monoisotopic (exact) mass is 299 g/mol. The highest BCUT2D eigenvalue weighted by molar-refractivity contribution is 5.96. The summed E-state index contributed by atoms with van der Waals surface area (Å²) >= 11 is 0. The Morgan fingerprint density at radius 1 is 1.18 bits per heavy atom. The van der Waals surface area contributed by atoms with E-state index in [0.29, 0.717) is 11.4 Å². The minimum absolute atomic E-state index is 0.228. The van der Waals surface area contributed by atoms with Crippen LogP contribution in [0.1, 0.15) is 15.9 Å². The van der Waals surface area contributed by atoms with Gasteiger partial charge in [-0.25, -0.2) is 0 Å². The maximum absolute atomic E-state index is 11.9. The fraction of sp³-hybridized carbons (Fsp3) is 0.125. The molecule has 0 atom stereocenters. The fourth-order valence-corrected chi connectivity index (χ4v) is 1.95. The highest BCUT2D eigenvalue weighted by Gasteiger charge is 2.11. The highest BCUT2D eigenvalue weighted by atomic mass is 16.5. The molecule has 2 amide bonds. The van der Waals surface area contributed by atoms with Crippen molar-refractivity contribution in [3.8, 4) is 5.75 Å². The SMILES string of the molecule is Cc1cc(N)ccc1NC(=O)COc1ccccc1C(N)=O. The van der Waals surface area contributed by atoms with Crippen molar-refractivity contribution in [3.05, 3.63) is 53.6 Å². The second-order valence-corrected chi connectivity index (χ2v) is 4.77. The van der Waals surface area contributed by atoms with Gasteiger partial charge < -0.3 is 21.5 Å². The van der Waals surface area contributed by atoms with Crippen LogP contribution in [0.15, 0.2) is 42.5 Å². The number of nitrogens with two attached hydrogens (primary N) is 2. The van der Waals surface area contributed by atoms with Crippen LogP contribution >= 0.6 is 0 Å². The van der Waals surface area contributed by atoms with Crippen LogP contribution in [-0.2, 0) is 4.79 Å². The second-order valence-electron chi connectivity index (χ2n) is 4.77. The molecular weight excluding hydrogens is 282 g/mol. The number of aryl methyl sites for hydroxylation is 1. The Bertz CT molecular complexity index is 714. The molecule has 0 aliphatic carbocycles. The summed E-state index contributed by atoms with van der Waals surface area (Å²) in [5.41, 5.74) is 13.3. The van der Waals surface area contributed by atoms with E-state index < -0.39 is 5.91 Å². The summed E-state index contributed by atoms with van der Waals surface area (Å²) in [4.78, 5) is 23.2. The van der Waals surface area contributed by atoms with Crippen molar-refractivity contribution in [2.24, 2.45) is 5.73 Å². The molecule has 0 unspecified atom stereocenters. The first-order valence-corrected chi connectivity index (χ1v) is 6.65. The number of hydrogen-bond donors (Lipinski definition) is 3. The van der Waals surface area contributed by atoms with Crippen molar-refractivity contribution in [1.29, 1.82) is 0 Å². The number of rotatable bonds is 5. The van der Waals surface area contributed by atoms with Crippen LogP contribution in [-0.4, -0.2) is 18.4 Å². The maximum Gasteiger partial charge on any atom is 0.262 e. The second kappa shape index (κ2) is 6.62. The Kier molecular flexibility index (Phi) is 4.63. The Morgan fingerprint density at radius 2 is 1.91 bits per heavy atom. The molecule has 0 saturated carbocycles. The lowest BCUT2D eigenvalue weighted by Gasteiger charge is -2.11. The van der Waals surface area contributed by atoms with Gasteiger partial charge in [0, 0.05) is 11.4 Å². The summed E-state index contributed by atoms with van der Waals surface area (Å²) in [6, 6.07) is 11.7. The van der Waals surface area contributed by atoms with E-state index in [1.807, 2.05) is 6.92 Å². The number of nitrogen functional groups attached to an aromatic ring is 1. The Balaban J connectivity index is 2.00. The molecule has 2 aromatic rings. The molecule has 6 nitrogen and oxygen atoms in total. The van der Waals surface area contributed by atoms with Gasteiger partial charge in [-0.2, -0.15) is 0 Å². The van der Waals surface area contributed by atoms with Gasteiger partial charge in [-0.05, 0) is 42.8 Å². The molecule has 0 saturated heterocycles. The lowest BCUT2D eigenvalue weighted by molar-refractivity contribution is -0.118. The number of para-hydroxylation sites is 1. The third-order valence-electron chi connectivity index (χ3n) is 3.04. The average molecular weight is 299 g/mol. The largest absolute Gasteiger partial charge is 0.483 e. The summed E-state index contributed by atoms with van der Waals surface area (Å²) in [6.45, 7) is 1.61. The molecule has 0 radical (unpaired) electrons. The smallest absolute Gasteiger partial charge is 0.262 e. The van der Waals surface area contributed by atoms with Crippen LogP contribution in [0.5, 0.6) is 5.75 Å². The van der Waals surface area contributed by atoms with E-state index in [9.17, 15) is 9.59 Å². The number of hydrogen-bond acceptors (Lipinski definition) is 4. The number of ether oxygens (including phenoxy) is 1. The first-order chi connectivity index (χ1) is 10.5. The lowest BCUT2D eigenvalue weighted by atomic mass is 10.2. The van der Waals surface area contributed by atoms with Crippen LogP contribution in [0.25, 0.3) is 0 Å². The number of benzene rings is 2. The topological polar surface area (TPSA) is 107 Å². The van der Waals surface area contributed by atoms with Gasteiger partial charge in [0.2, 0.25) is 0 Å². The van der Waals surface area contributed by atoms with E-state index >= 15 is 0 Å². The summed E-state index contributed by atoms with van der Waals surface area (Å²) in [7, 11) is 0. The van der Waals surface area contributed by atoms with Crippen molar-refractivity contribution in [1.82, 2.24) is 0 Å². The molecule has 5 N–H and O–H groups in total. The minimum Gasteiger partial charge on any atom is -0.483 e. The fourth-order valence-electron chi connectivity index (χ4n) is 1.95. The maximum atomic E-state index is 11.9. The van der Waals surface area contributed by atoms with Gasteiger partial charge in [-0.15, -0.1) is 0 Å². The Labute approximate surface area is 128 Å². The number of primary amides is 1. The van der Waals surface area contributed by atoms with Crippen LogP contribution in [0.4, 0.5) is 11.4 Å². The summed E-state index contributed by atoms with van der Waals surface area (Å²) in [5.74, 6) is -0.670. The van der Waals surface area contributed by atoms with Gasteiger partial charge in [0.25, 0.3) is 11.8 Å². The van der Waals surface area contributed by atoms with Crippen LogP contribution in [0, 0.1) is 6.92 Å². The molecule has 0 heterocycles. The zero-order valence-corrected chi connectivity index (χ0v) is 12.1. The number of carbonyl (C=O) groups is 2. The molecule has 0 spiro atoms. The predicted octanol–water partition coefficient (Wildman–Crippen LogP) is 1.69. The molecule has 6 heteroatoms. The third-order valence-corrected chi connectivity index (χ3v) is 3.04. The van der Waals surface area contributed by atoms with E-state index in [0.717, 1.165) is 5.56 Å². The Hall–Kier alpha value is -3.02. The molecule has 0 aliphatic heterocycles. The van der Waals surface area contributed by atoms with Crippen molar-refractivity contribution >= 4 is 23.2 Å². The van der Waals surface area contributed by atoms with Gasteiger partial charge in [0.1, 0.15) is 5.75 Å². The minimum atomic E-state index is -0.606. The summed E-state index contributed by atoms with van der Waals surface area (Å²) in [6.07, 6.45) is 0. The van der Waals surface area contributed by atoms with Crippen molar-refractivity contribution in [3.63, 3.8) is 0 Å². The highest BCUT2D eigenvalue weighted by Crippen LogP contribution is 2.19. The molecule has 0 bridgehead atoms. The van der Waals surface area contributed by atoms with Crippen LogP contribution in [0.3, 0.4) is 0 Å². The summed E-state index contributed by atoms with van der Waals surface area (Å²) < 4.78 is 5.36. The first-order valence-electron chi connectivity index (χ1n) is 6.65. The summed E-state index contributed by atoms with van der Waals surface area (Å²) in [5, 5.41) is 2.72.